The van der Waals surface area contributed by atoms with Crippen LogP contribution in [0.3, 0.4) is 0 Å². The summed E-state index contributed by atoms with van der Waals surface area (Å²) < 4.78 is 13.9. The predicted octanol–water partition coefficient (Wildman–Crippen LogP) is 3.64. The lowest BCUT2D eigenvalue weighted by Gasteiger charge is -2.44. The zero-order chi connectivity index (χ0) is 19.7. The zero-order valence-electron chi connectivity index (χ0n) is 16.9. The Morgan fingerprint density at radius 3 is 2.79 bits per heavy atom. The molecule has 1 spiro atoms. The van der Waals surface area contributed by atoms with Gasteiger partial charge in [-0.05, 0) is 32.9 Å². The molecule has 0 radical (unpaired) electrons. The maximum Gasteiger partial charge on any atom is 0.222 e. The second kappa shape index (κ2) is 7.59. The van der Waals surface area contributed by atoms with Crippen molar-refractivity contribution in [3.05, 3.63) is 47.3 Å². The smallest absolute Gasteiger partial charge is 0.222 e. The van der Waals surface area contributed by atoms with Gasteiger partial charge in [0, 0.05) is 36.9 Å². The number of amides is 1. The number of hydrogen-bond donors (Lipinski definition) is 1. The van der Waals surface area contributed by atoms with E-state index in [1.54, 1.807) is 0 Å². The lowest BCUT2D eigenvalue weighted by Crippen LogP contribution is -2.48. The Kier molecular flexibility index (Phi) is 5.15. The van der Waals surface area contributed by atoms with Gasteiger partial charge < -0.3 is 14.8 Å². The van der Waals surface area contributed by atoms with E-state index in [4.69, 9.17) is 9.47 Å². The molecule has 0 unspecified atom stereocenters. The van der Waals surface area contributed by atoms with Crippen LogP contribution >= 0.6 is 0 Å². The molecule has 150 valence electrons. The van der Waals surface area contributed by atoms with E-state index in [0.717, 1.165) is 42.0 Å². The van der Waals surface area contributed by atoms with Gasteiger partial charge in [-0.1, -0.05) is 18.2 Å². The average Bonchev–Trinajstić information content (AvgIpc) is 3.00. The van der Waals surface area contributed by atoms with Crippen LogP contribution in [-0.2, 0) is 9.53 Å². The van der Waals surface area contributed by atoms with Gasteiger partial charge in [0.1, 0.15) is 11.4 Å². The van der Waals surface area contributed by atoms with Crippen molar-refractivity contribution < 1.29 is 14.3 Å². The second-order valence-electron chi connectivity index (χ2n) is 8.18. The molecule has 2 aromatic rings. The highest BCUT2D eigenvalue weighted by Crippen LogP contribution is 2.43. The Labute approximate surface area is 166 Å². The van der Waals surface area contributed by atoms with Crippen LogP contribution in [0.4, 0.5) is 0 Å². The molecule has 1 aromatic carbocycles. The number of nitrogens with one attached hydrogen (secondary N) is 1. The fourth-order valence-electron chi connectivity index (χ4n) is 4.50. The first kappa shape index (κ1) is 19.0. The molecule has 1 N–H and O–H groups in total. The Bertz CT molecular complexity index is 854. The molecular weight excluding hydrogens is 354 g/mol. The van der Waals surface area contributed by atoms with Crippen LogP contribution in [0.5, 0.6) is 5.75 Å². The first-order valence-corrected chi connectivity index (χ1v) is 10.1. The van der Waals surface area contributed by atoms with E-state index in [-0.39, 0.29) is 23.6 Å². The van der Waals surface area contributed by atoms with Crippen LogP contribution in [0.2, 0.25) is 0 Å². The minimum absolute atomic E-state index is 0.0147. The van der Waals surface area contributed by atoms with E-state index >= 15 is 0 Å². The quantitative estimate of drug-likeness (QED) is 0.875. The Balaban J connectivity index is 1.49. The van der Waals surface area contributed by atoms with E-state index in [9.17, 15) is 4.79 Å². The van der Waals surface area contributed by atoms with E-state index in [2.05, 4.69) is 16.5 Å². The largest absolute Gasteiger partial charge is 0.487 e. The van der Waals surface area contributed by atoms with Crippen molar-refractivity contribution in [2.45, 2.75) is 64.1 Å². The monoisotopic (exact) mass is 383 g/mol. The third-order valence-electron chi connectivity index (χ3n) is 5.88. The summed E-state index contributed by atoms with van der Waals surface area (Å²) in [6.45, 7) is 7.45. The summed E-state index contributed by atoms with van der Waals surface area (Å²) in [5.41, 5.74) is 2.87. The summed E-state index contributed by atoms with van der Waals surface area (Å²) in [7, 11) is 0. The maximum absolute atomic E-state index is 12.9. The van der Waals surface area contributed by atoms with Gasteiger partial charge in [0.05, 0.1) is 31.0 Å². The van der Waals surface area contributed by atoms with Crippen LogP contribution in [0, 0.1) is 13.8 Å². The van der Waals surface area contributed by atoms with E-state index in [1.807, 2.05) is 49.7 Å². The normalized spacial score (nSPS) is 21.6. The molecule has 4 rings (SSSR count). The van der Waals surface area contributed by atoms with Crippen LogP contribution in [0.1, 0.15) is 61.6 Å². The molecule has 6 nitrogen and oxygen atoms in total. The maximum atomic E-state index is 12.9. The number of carbonyl (C=O) groups is 1. The summed E-state index contributed by atoms with van der Waals surface area (Å²) >= 11 is 0. The van der Waals surface area contributed by atoms with Gasteiger partial charge in [-0.2, -0.15) is 5.10 Å². The number of aromatic nitrogens is 2. The van der Waals surface area contributed by atoms with Gasteiger partial charge in [-0.3, -0.25) is 9.48 Å². The lowest BCUT2D eigenvalue weighted by molar-refractivity contribution is -0.123. The number of carbonyl (C=O) groups excluding carboxylic acids is 1. The van der Waals surface area contributed by atoms with Gasteiger partial charge in [0.15, 0.2) is 0 Å². The SMILES string of the molecule is Cc1cc(C)n([C@@H](C)CC(=O)N[C@@H]2CC3(CCOCC3)Oc3ccccc32)n1. The van der Waals surface area contributed by atoms with Gasteiger partial charge in [0.25, 0.3) is 0 Å². The zero-order valence-corrected chi connectivity index (χ0v) is 16.9. The number of benzene rings is 1. The molecule has 3 heterocycles. The highest BCUT2D eigenvalue weighted by molar-refractivity contribution is 5.77. The van der Waals surface area contributed by atoms with Gasteiger partial charge in [-0.15, -0.1) is 0 Å². The molecule has 6 heteroatoms. The molecule has 1 fully saturated rings. The van der Waals surface area contributed by atoms with Crippen molar-refractivity contribution >= 4 is 5.91 Å². The van der Waals surface area contributed by atoms with Crippen molar-refractivity contribution in [1.82, 2.24) is 15.1 Å². The molecule has 2 atom stereocenters. The summed E-state index contributed by atoms with van der Waals surface area (Å²) in [5.74, 6) is 0.927. The number of nitrogens with zero attached hydrogens (tertiary/aromatic N) is 2. The van der Waals surface area contributed by atoms with Crippen LogP contribution in [0.25, 0.3) is 0 Å². The molecule has 0 aliphatic carbocycles. The summed E-state index contributed by atoms with van der Waals surface area (Å²) in [5, 5.41) is 7.79. The minimum Gasteiger partial charge on any atom is -0.487 e. The summed E-state index contributed by atoms with van der Waals surface area (Å²) in [6.07, 6.45) is 2.90. The summed E-state index contributed by atoms with van der Waals surface area (Å²) in [4.78, 5) is 12.9. The van der Waals surface area contributed by atoms with E-state index < -0.39 is 0 Å². The first-order chi connectivity index (χ1) is 13.5. The lowest BCUT2D eigenvalue weighted by atomic mass is 9.82. The molecule has 1 amide bonds. The van der Waals surface area contributed by atoms with Crippen molar-refractivity contribution in [3.63, 3.8) is 0 Å². The Morgan fingerprint density at radius 1 is 1.32 bits per heavy atom. The second-order valence-corrected chi connectivity index (χ2v) is 8.18. The fourth-order valence-corrected chi connectivity index (χ4v) is 4.50. The Hall–Kier alpha value is -2.34. The van der Waals surface area contributed by atoms with Gasteiger partial charge >= 0.3 is 0 Å². The third kappa shape index (κ3) is 3.78. The topological polar surface area (TPSA) is 65.4 Å². The average molecular weight is 383 g/mol. The van der Waals surface area contributed by atoms with Crippen LogP contribution in [-0.4, -0.2) is 34.5 Å². The highest BCUT2D eigenvalue weighted by Gasteiger charge is 2.42. The van der Waals surface area contributed by atoms with E-state index in [0.29, 0.717) is 19.6 Å². The molecule has 2 aliphatic rings. The molecule has 0 bridgehead atoms. The molecule has 1 saturated heterocycles. The molecule has 2 aliphatic heterocycles. The Morgan fingerprint density at radius 2 is 2.07 bits per heavy atom. The van der Waals surface area contributed by atoms with Crippen LogP contribution in [0.15, 0.2) is 30.3 Å². The number of fused-ring (bicyclic) bond motifs is 1. The van der Waals surface area contributed by atoms with Crippen molar-refractivity contribution in [2.24, 2.45) is 0 Å². The molecule has 1 aromatic heterocycles. The first-order valence-electron chi connectivity index (χ1n) is 10.1. The number of ether oxygens (including phenoxy) is 2. The predicted molar refractivity (Wildman–Crippen MR) is 106 cm³/mol. The molecule has 28 heavy (non-hydrogen) atoms. The van der Waals surface area contributed by atoms with E-state index in [1.165, 1.54) is 0 Å². The highest BCUT2D eigenvalue weighted by atomic mass is 16.5. The molecular formula is C22H29N3O3. The summed E-state index contributed by atoms with van der Waals surface area (Å²) in [6, 6.07) is 10.1. The fraction of sp³-hybridized carbons (Fsp3) is 0.545. The minimum atomic E-state index is -0.244. The standard InChI is InChI=1S/C22H29N3O3/c1-15-12-16(2)25(24-15)17(3)13-21(26)23-19-14-22(8-10-27-11-9-22)28-20-7-5-4-6-18(19)20/h4-7,12,17,19H,8-11,13-14H2,1-3H3,(H,23,26)/t17-,19+/m0/s1. The number of para-hydroxylation sites is 1. The van der Waals surface area contributed by atoms with Gasteiger partial charge in [0.2, 0.25) is 5.91 Å². The molecule has 0 saturated carbocycles. The number of hydrogen-bond acceptors (Lipinski definition) is 4. The van der Waals surface area contributed by atoms with Crippen molar-refractivity contribution in [1.29, 1.82) is 0 Å². The number of rotatable bonds is 4. The van der Waals surface area contributed by atoms with Crippen LogP contribution < -0.4 is 10.1 Å². The van der Waals surface area contributed by atoms with Gasteiger partial charge in [-0.25, -0.2) is 0 Å². The third-order valence-corrected chi connectivity index (χ3v) is 5.88. The number of aryl methyl sites for hydroxylation is 2. The van der Waals surface area contributed by atoms with Crippen molar-refractivity contribution in [3.8, 4) is 5.75 Å². The van der Waals surface area contributed by atoms with Crippen molar-refractivity contribution in [2.75, 3.05) is 13.2 Å².